The monoisotopic (exact) mass is 278 g/mol. The Bertz CT molecular complexity index is 411. The largest absolute Gasteiger partial charge is 0.465 e. The van der Waals surface area contributed by atoms with Crippen LogP contribution in [0.25, 0.3) is 0 Å². The number of furan rings is 1. The normalized spacial score (nSPS) is 20.1. The van der Waals surface area contributed by atoms with E-state index in [2.05, 4.69) is 44.0 Å². The van der Waals surface area contributed by atoms with Crippen LogP contribution in [-0.2, 0) is 13.1 Å². The number of hydrogen-bond acceptors (Lipinski definition) is 3. The number of nitrogens with zero attached hydrogens (tertiary/aromatic N) is 1. The van der Waals surface area contributed by atoms with Crippen molar-refractivity contribution in [2.24, 2.45) is 5.92 Å². The van der Waals surface area contributed by atoms with Gasteiger partial charge in [0.1, 0.15) is 11.5 Å². The lowest BCUT2D eigenvalue weighted by atomic mass is 10.0. The quantitative estimate of drug-likeness (QED) is 0.771. The van der Waals surface area contributed by atoms with Crippen LogP contribution >= 0.6 is 0 Å². The van der Waals surface area contributed by atoms with Crippen molar-refractivity contribution in [1.82, 2.24) is 10.2 Å². The van der Waals surface area contributed by atoms with Crippen molar-refractivity contribution in [2.45, 2.75) is 66.1 Å². The molecule has 1 unspecified atom stereocenters. The second kappa shape index (κ2) is 7.28. The van der Waals surface area contributed by atoms with Crippen LogP contribution in [0.5, 0.6) is 0 Å². The average molecular weight is 278 g/mol. The van der Waals surface area contributed by atoms with Crippen LogP contribution < -0.4 is 5.32 Å². The van der Waals surface area contributed by atoms with E-state index in [1.807, 2.05) is 0 Å². The van der Waals surface area contributed by atoms with E-state index in [1.165, 1.54) is 31.4 Å². The molecule has 1 aliphatic rings. The predicted molar refractivity (Wildman–Crippen MR) is 83.7 cm³/mol. The third-order valence-corrected chi connectivity index (χ3v) is 4.36. The van der Waals surface area contributed by atoms with Crippen LogP contribution in [0, 0.1) is 12.8 Å². The fourth-order valence-corrected chi connectivity index (χ4v) is 3.24. The van der Waals surface area contributed by atoms with E-state index in [4.69, 9.17) is 4.42 Å². The Balaban J connectivity index is 1.94. The van der Waals surface area contributed by atoms with Crippen molar-refractivity contribution in [1.29, 1.82) is 0 Å². The van der Waals surface area contributed by atoms with E-state index in [0.29, 0.717) is 0 Å². The van der Waals surface area contributed by atoms with Crippen molar-refractivity contribution >= 4 is 0 Å². The molecule has 1 saturated heterocycles. The van der Waals surface area contributed by atoms with Crippen LogP contribution in [0.2, 0.25) is 0 Å². The Morgan fingerprint density at radius 1 is 1.45 bits per heavy atom. The van der Waals surface area contributed by atoms with Crippen LogP contribution in [0.3, 0.4) is 0 Å². The zero-order chi connectivity index (χ0) is 14.5. The van der Waals surface area contributed by atoms with E-state index < -0.39 is 0 Å². The highest BCUT2D eigenvalue weighted by Crippen LogP contribution is 2.26. The molecule has 1 atom stereocenters. The summed E-state index contributed by atoms with van der Waals surface area (Å²) in [7, 11) is 0. The summed E-state index contributed by atoms with van der Waals surface area (Å²) in [5, 5.41) is 3.45. The Kier molecular flexibility index (Phi) is 5.67. The van der Waals surface area contributed by atoms with Gasteiger partial charge < -0.3 is 9.73 Å². The van der Waals surface area contributed by atoms with E-state index >= 15 is 0 Å². The predicted octanol–water partition coefficient (Wildman–Crippen LogP) is 3.71. The molecule has 2 heterocycles. The van der Waals surface area contributed by atoms with Crippen LogP contribution in [-0.4, -0.2) is 24.0 Å². The summed E-state index contributed by atoms with van der Waals surface area (Å²) in [6, 6.07) is 2.97. The SMILES string of the molecule is CCCNCc1cc(CN2CCCC2C(C)C)oc1C. The van der Waals surface area contributed by atoms with Gasteiger partial charge in [0, 0.05) is 18.2 Å². The summed E-state index contributed by atoms with van der Waals surface area (Å²) in [6.07, 6.45) is 3.84. The smallest absolute Gasteiger partial charge is 0.118 e. The Morgan fingerprint density at radius 3 is 2.95 bits per heavy atom. The fourth-order valence-electron chi connectivity index (χ4n) is 3.24. The maximum atomic E-state index is 5.95. The zero-order valence-corrected chi connectivity index (χ0v) is 13.5. The standard InChI is InChI=1S/C17H30N2O/c1-5-8-18-11-15-10-16(20-14(15)4)12-19-9-6-7-17(19)13(2)3/h10,13,17-18H,5-9,11-12H2,1-4H3. The molecule has 3 nitrogen and oxygen atoms in total. The fraction of sp³-hybridized carbons (Fsp3) is 0.765. The summed E-state index contributed by atoms with van der Waals surface area (Å²) in [5.41, 5.74) is 1.31. The van der Waals surface area contributed by atoms with Crippen molar-refractivity contribution in [3.63, 3.8) is 0 Å². The van der Waals surface area contributed by atoms with Gasteiger partial charge in [0.15, 0.2) is 0 Å². The maximum absolute atomic E-state index is 5.95. The van der Waals surface area contributed by atoms with Crippen molar-refractivity contribution in [3.8, 4) is 0 Å². The highest BCUT2D eigenvalue weighted by atomic mass is 16.3. The minimum Gasteiger partial charge on any atom is -0.465 e. The summed E-state index contributed by atoms with van der Waals surface area (Å²) < 4.78 is 5.95. The summed E-state index contributed by atoms with van der Waals surface area (Å²) in [4.78, 5) is 2.59. The van der Waals surface area contributed by atoms with Gasteiger partial charge in [0.05, 0.1) is 6.54 Å². The Labute approximate surface area is 123 Å². The van der Waals surface area contributed by atoms with E-state index in [-0.39, 0.29) is 0 Å². The number of nitrogens with one attached hydrogen (secondary N) is 1. The lowest BCUT2D eigenvalue weighted by Crippen LogP contribution is -2.32. The lowest BCUT2D eigenvalue weighted by Gasteiger charge is -2.26. The number of likely N-dealkylation sites (tertiary alicyclic amines) is 1. The Hall–Kier alpha value is -0.800. The Morgan fingerprint density at radius 2 is 2.25 bits per heavy atom. The van der Waals surface area contributed by atoms with Gasteiger partial charge >= 0.3 is 0 Å². The molecule has 1 aromatic heterocycles. The molecule has 0 saturated carbocycles. The van der Waals surface area contributed by atoms with Crippen LogP contribution in [0.15, 0.2) is 10.5 Å². The van der Waals surface area contributed by atoms with Gasteiger partial charge in [-0.3, -0.25) is 4.90 Å². The highest BCUT2D eigenvalue weighted by Gasteiger charge is 2.27. The molecule has 0 aliphatic carbocycles. The number of aryl methyl sites for hydroxylation is 1. The molecule has 0 radical (unpaired) electrons. The van der Waals surface area contributed by atoms with Crippen molar-refractivity contribution < 1.29 is 4.42 Å². The first-order chi connectivity index (χ1) is 9.61. The van der Waals surface area contributed by atoms with Gasteiger partial charge in [0.2, 0.25) is 0 Å². The third kappa shape index (κ3) is 3.86. The molecule has 1 fully saturated rings. The first-order valence-corrected chi connectivity index (χ1v) is 8.14. The van der Waals surface area contributed by atoms with Gasteiger partial charge in [-0.25, -0.2) is 0 Å². The second-order valence-electron chi connectivity index (χ2n) is 6.39. The van der Waals surface area contributed by atoms with E-state index in [0.717, 1.165) is 43.1 Å². The average Bonchev–Trinajstić information content (AvgIpc) is 2.98. The molecule has 114 valence electrons. The number of rotatable bonds is 7. The summed E-state index contributed by atoms with van der Waals surface area (Å²) in [6.45, 7) is 13.1. The molecule has 1 aliphatic heterocycles. The molecule has 0 aromatic carbocycles. The molecule has 1 aromatic rings. The van der Waals surface area contributed by atoms with Crippen LogP contribution in [0.4, 0.5) is 0 Å². The number of hydrogen-bond donors (Lipinski definition) is 1. The van der Waals surface area contributed by atoms with Crippen molar-refractivity contribution in [2.75, 3.05) is 13.1 Å². The third-order valence-electron chi connectivity index (χ3n) is 4.36. The maximum Gasteiger partial charge on any atom is 0.118 e. The van der Waals surface area contributed by atoms with Crippen LogP contribution in [0.1, 0.15) is 57.1 Å². The molecular weight excluding hydrogens is 248 g/mol. The van der Waals surface area contributed by atoms with E-state index in [9.17, 15) is 0 Å². The van der Waals surface area contributed by atoms with Gasteiger partial charge in [-0.05, 0) is 51.3 Å². The molecule has 0 spiro atoms. The molecule has 0 bridgehead atoms. The topological polar surface area (TPSA) is 28.4 Å². The molecule has 3 heteroatoms. The van der Waals surface area contributed by atoms with E-state index in [1.54, 1.807) is 0 Å². The van der Waals surface area contributed by atoms with Gasteiger partial charge in [-0.2, -0.15) is 0 Å². The first-order valence-electron chi connectivity index (χ1n) is 8.14. The van der Waals surface area contributed by atoms with Crippen molar-refractivity contribution in [3.05, 3.63) is 23.2 Å². The van der Waals surface area contributed by atoms with Gasteiger partial charge in [0.25, 0.3) is 0 Å². The zero-order valence-electron chi connectivity index (χ0n) is 13.5. The minimum atomic E-state index is 0.724. The lowest BCUT2D eigenvalue weighted by molar-refractivity contribution is 0.184. The molecule has 20 heavy (non-hydrogen) atoms. The van der Waals surface area contributed by atoms with Gasteiger partial charge in [-0.1, -0.05) is 20.8 Å². The highest BCUT2D eigenvalue weighted by molar-refractivity contribution is 5.20. The summed E-state index contributed by atoms with van der Waals surface area (Å²) >= 11 is 0. The molecule has 2 rings (SSSR count). The minimum absolute atomic E-state index is 0.724. The summed E-state index contributed by atoms with van der Waals surface area (Å²) in [5.74, 6) is 2.94. The molecule has 1 N–H and O–H groups in total. The molecule has 0 amide bonds. The second-order valence-corrected chi connectivity index (χ2v) is 6.39. The first kappa shape index (κ1) is 15.6. The molecular formula is C17H30N2O. The van der Waals surface area contributed by atoms with Gasteiger partial charge in [-0.15, -0.1) is 0 Å².